The molecule has 7 heteroatoms. The number of carbonyl (C=O) groups is 2. The van der Waals surface area contributed by atoms with Crippen molar-refractivity contribution in [3.63, 3.8) is 0 Å². The van der Waals surface area contributed by atoms with Gasteiger partial charge < -0.3 is 14.8 Å². The van der Waals surface area contributed by atoms with Gasteiger partial charge in [-0.05, 0) is 36.1 Å². The van der Waals surface area contributed by atoms with Crippen LogP contribution in [-0.2, 0) is 10.5 Å². The molecule has 0 saturated heterocycles. The lowest BCUT2D eigenvalue weighted by Gasteiger charge is -2.06. The Labute approximate surface area is 142 Å². The Bertz CT molecular complexity index is 684. The number of carboxylic acid groups (broad SMARTS) is 1. The number of anilines is 1. The molecule has 0 bridgehead atoms. The summed E-state index contributed by atoms with van der Waals surface area (Å²) >= 11 is 2.99. The Morgan fingerprint density at radius 3 is 2.78 bits per heavy atom. The fraction of sp³-hybridized carbons (Fsp3) is 0.250. The molecule has 0 aliphatic heterocycles. The number of carboxylic acids is 1. The summed E-state index contributed by atoms with van der Waals surface area (Å²) in [5.41, 5.74) is 1.72. The van der Waals surface area contributed by atoms with Crippen LogP contribution in [0.5, 0.6) is 0 Å². The molecule has 0 atom stereocenters. The molecule has 0 aliphatic carbocycles. The molecule has 1 aromatic heterocycles. The molecule has 0 aliphatic rings. The fourth-order valence-corrected chi connectivity index (χ4v) is 3.09. The zero-order valence-corrected chi connectivity index (χ0v) is 14.2. The van der Waals surface area contributed by atoms with Crippen molar-refractivity contribution in [3.8, 4) is 0 Å². The van der Waals surface area contributed by atoms with E-state index in [0.29, 0.717) is 22.3 Å². The van der Waals surface area contributed by atoms with Gasteiger partial charge >= 0.3 is 5.97 Å². The summed E-state index contributed by atoms with van der Waals surface area (Å²) < 4.78 is 5.39. The van der Waals surface area contributed by atoms with Crippen molar-refractivity contribution in [2.75, 3.05) is 17.3 Å². The monoisotopic (exact) mass is 351 g/mol. The second-order valence-electron chi connectivity index (χ2n) is 4.67. The molecule has 0 spiro atoms. The standard InChI is InChI=1S/C16H17NO4S2/c1-22-15-6-5-13(21-15)16(20)17-12-4-2-3-11(9-12)10-23-8-7-14(18)19/h2-6,9H,7-8,10H2,1H3,(H,17,20)(H,18,19). The van der Waals surface area contributed by atoms with E-state index < -0.39 is 5.97 Å². The van der Waals surface area contributed by atoms with Crippen molar-refractivity contribution in [2.45, 2.75) is 17.3 Å². The predicted molar refractivity (Wildman–Crippen MR) is 93.3 cm³/mol. The number of furan rings is 1. The molecule has 1 aromatic carbocycles. The van der Waals surface area contributed by atoms with E-state index in [-0.39, 0.29) is 18.1 Å². The number of thioether (sulfide) groups is 2. The van der Waals surface area contributed by atoms with Crippen LogP contribution in [0.1, 0.15) is 22.5 Å². The van der Waals surface area contributed by atoms with Gasteiger partial charge in [-0.15, -0.1) is 0 Å². The van der Waals surface area contributed by atoms with Gasteiger partial charge in [0.2, 0.25) is 0 Å². The topological polar surface area (TPSA) is 79.5 Å². The summed E-state index contributed by atoms with van der Waals surface area (Å²) in [5, 5.41) is 12.1. The van der Waals surface area contributed by atoms with Gasteiger partial charge in [0, 0.05) is 17.2 Å². The van der Waals surface area contributed by atoms with Crippen LogP contribution in [0.3, 0.4) is 0 Å². The van der Waals surface area contributed by atoms with E-state index in [1.54, 1.807) is 23.9 Å². The van der Waals surface area contributed by atoms with Crippen molar-refractivity contribution >= 4 is 41.1 Å². The van der Waals surface area contributed by atoms with E-state index >= 15 is 0 Å². The molecule has 0 fully saturated rings. The predicted octanol–water partition coefficient (Wildman–Crippen LogP) is 3.96. The van der Waals surface area contributed by atoms with Crippen molar-refractivity contribution in [2.24, 2.45) is 0 Å². The van der Waals surface area contributed by atoms with E-state index in [2.05, 4.69) is 5.32 Å². The average molecular weight is 351 g/mol. The van der Waals surface area contributed by atoms with Gasteiger partial charge in [0.1, 0.15) is 0 Å². The highest BCUT2D eigenvalue weighted by molar-refractivity contribution is 7.98. The molecule has 122 valence electrons. The molecule has 0 unspecified atom stereocenters. The first kappa shape index (κ1) is 17.5. The maximum Gasteiger partial charge on any atom is 0.304 e. The van der Waals surface area contributed by atoms with Gasteiger partial charge in [0.05, 0.1) is 6.42 Å². The Morgan fingerprint density at radius 1 is 1.26 bits per heavy atom. The minimum absolute atomic E-state index is 0.150. The Morgan fingerprint density at radius 2 is 2.09 bits per heavy atom. The molecule has 1 heterocycles. The van der Waals surface area contributed by atoms with E-state index in [1.807, 2.05) is 30.5 Å². The van der Waals surface area contributed by atoms with E-state index in [0.717, 1.165) is 5.56 Å². The van der Waals surface area contributed by atoms with Crippen LogP contribution in [0.15, 0.2) is 45.9 Å². The van der Waals surface area contributed by atoms with Crippen molar-refractivity contribution < 1.29 is 19.1 Å². The molecular weight excluding hydrogens is 334 g/mol. The molecular formula is C16H17NO4S2. The molecule has 2 N–H and O–H groups in total. The number of benzene rings is 1. The van der Waals surface area contributed by atoms with Crippen LogP contribution in [0.4, 0.5) is 5.69 Å². The molecule has 0 saturated carbocycles. The Kier molecular flexibility index (Phi) is 6.61. The number of rotatable bonds is 8. The van der Waals surface area contributed by atoms with Crippen LogP contribution in [-0.4, -0.2) is 29.0 Å². The molecule has 0 radical (unpaired) electrons. The summed E-state index contributed by atoms with van der Waals surface area (Å²) in [6.45, 7) is 0. The minimum Gasteiger partial charge on any atom is -0.481 e. The van der Waals surface area contributed by atoms with Gasteiger partial charge in [0.15, 0.2) is 10.9 Å². The highest BCUT2D eigenvalue weighted by Crippen LogP contribution is 2.20. The van der Waals surface area contributed by atoms with Crippen LogP contribution >= 0.6 is 23.5 Å². The van der Waals surface area contributed by atoms with Gasteiger partial charge in [0.25, 0.3) is 5.91 Å². The lowest BCUT2D eigenvalue weighted by Crippen LogP contribution is -2.10. The van der Waals surface area contributed by atoms with Gasteiger partial charge in [-0.25, -0.2) is 0 Å². The summed E-state index contributed by atoms with van der Waals surface area (Å²) in [7, 11) is 0. The number of aliphatic carboxylic acids is 1. The van der Waals surface area contributed by atoms with Gasteiger partial charge in [-0.2, -0.15) is 11.8 Å². The lowest BCUT2D eigenvalue weighted by atomic mass is 10.2. The van der Waals surface area contributed by atoms with Crippen LogP contribution in [0, 0.1) is 0 Å². The SMILES string of the molecule is CSc1ccc(C(=O)Nc2cccc(CSCCC(=O)O)c2)o1. The first-order chi connectivity index (χ1) is 11.1. The van der Waals surface area contributed by atoms with Crippen molar-refractivity contribution in [1.29, 1.82) is 0 Å². The third kappa shape index (κ3) is 5.69. The van der Waals surface area contributed by atoms with Crippen molar-refractivity contribution in [1.82, 2.24) is 0 Å². The Hall–Kier alpha value is -1.86. The third-order valence-electron chi connectivity index (χ3n) is 2.92. The second kappa shape index (κ2) is 8.69. The average Bonchev–Trinajstić information content (AvgIpc) is 3.01. The number of hydrogen-bond acceptors (Lipinski definition) is 5. The van der Waals surface area contributed by atoms with Gasteiger partial charge in [-0.1, -0.05) is 23.9 Å². The fourth-order valence-electron chi connectivity index (χ4n) is 1.83. The molecule has 2 aromatic rings. The minimum atomic E-state index is -0.790. The van der Waals surface area contributed by atoms with Crippen molar-refractivity contribution in [3.05, 3.63) is 47.7 Å². The zero-order valence-electron chi connectivity index (χ0n) is 12.6. The van der Waals surface area contributed by atoms with Crippen LogP contribution in [0.2, 0.25) is 0 Å². The van der Waals surface area contributed by atoms with Gasteiger partial charge in [-0.3, -0.25) is 9.59 Å². The third-order valence-corrected chi connectivity index (χ3v) is 4.57. The summed E-state index contributed by atoms with van der Waals surface area (Å²) in [4.78, 5) is 22.6. The van der Waals surface area contributed by atoms with E-state index in [9.17, 15) is 9.59 Å². The molecule has 5 nitrogen and oxygen atoms in total. The number of hydrogen-bond donors (Lipinski definition) is 2. The van der Waals surface area contributed by atoms with Crippen LogP contribution < -0.4 is 5.32 Å². The smallest absolute Gasteiger partial charge is 0.304 e. The lowest BCUT2D eigenvalue weighted by molar-refractivity contribution is -0.136. The largest absolute Gasteiger partial charge is 0.481 e. The summed E-state index contributed by atoms with van der Waals surface area (Å²) in [5.74, 6) is 0.461. The first-order valence-corrected chi connectivity index (χ1v) is 9.30. The number of nitrogens with one attached hydrogen (secondary N) is 1. The summed E-state index contributed by atoms with van der Waals surface area (Å²) in [6.07, 6.45) is 2.03. The second-order valence-corrected chi connectivity index (χ2v) is 6.59. The highest BCUT2D eigenvalue weighted by atomic mass is 32.2. The zero-order chi connectivity index (χ0) is 16.7. The van der Waals surface area contributed by atoms with Crippen LogP contribution in [0.25, 0.3) is 0 Å². The number of carbonyl (C=O) groups excluding carboxylic acids is 1. The normalized spacial score (nSPS) is 10.5. The first-order valence-electron chi connectivity index (χ1n) is 6.92. The maximum atomic E-state index is 12.1. The molecule has 2 rings (SSSR count). The molecule has 23 heavy (non-hydrogen) atoms. The maximum absolute atomic E-state index is 12.1. The highest BCUT2D eigenvalue weighted by Gasteiger charge is 2.11. The van der Waals surface area contributed by atoms with E-state index in [1.165, 1.54) is 11.8 Å². The molecule has 1 amide bonds. The number of amides is 1. The summed E-state index contributed by atoms with van der Waals surface area (Å²) in [6, 6.07) is 10.9. The van der Waals surface area contributed by atoms with E-state index in [4.69, 9.17) is 9.52 Å². The Balaban J connectivity index is 1.91. The quantitative estimate of drug-likeness (QED) is 0.553.